The van der Waals surface area contributed by atoms with Crippen LogP contribution in [-0.2, 0) is 4.79 Å². The molecule has 28 heavy (non-hydrogen) atoms. The molecule has 1 fully saturated rings. The number of aryl methyl sites for hydroxylation is 1. The van der Waals surface area contributed by atoms with Gasteiger partial charge in [-0.1, -0.05) is 11.8 Å². The van der Waals surface area contributed by atoms with E-state index in [0.717, 1.165) is 40.7 Å². The molecule has 1 N–H and O–H groups in total. The third kappa shape index (κ3) is 3.27. The number of amides is 1. The van der Waals surface area contributed by atoms with E-state index in [4.69, 9.17) is 4.74 Å². The summed E-state index contributed by atoms with van der Waals surface area (Å²) in [5.41, 5.74) is 1.96. The molecule has 7 nitrogen and oxygen atoms in total. The summed E-state index contributed by atoms with van der Waals surface area (Å²) in [6.07, 6.45) is 1.97. The summed E-state index contributed by atoms with van der Waals surface area (Å²) >= 11 is 1.31. The van der Waals surface area contributed by atoms with E-state index in [9.17, 15) is 10.1 Å². The lowest BCUT2D eigenvalue weighted by Gasteiger charge is -2.22. The lowest BCUT2D eigenvalue weighted by Crippen LogP contribution is -2.47. The van der Waals surface area contributed by atoms with E-state index in [1.165, 1.54) is 11.8 Å². The van der Waals surface area contributed by atoms with Crippen molar-refractivity contribution in [2.24, 2.45) is 5.92 Å². The van der Waals surface area contributed by atoms with Crippen molar-refractivity contribution < 1.29 is 9.53 Å². The van der Waals surface area contributed by atoms with Crippen LogP contribution >= 0.6 is 11.8 Å². The number of methoxy groups -OCH3 is 1. The first kappa shape index (κ1) is 18.6. The second-order valence-electron chi connectivity index (χ2n) is 7.31. The van der Waals surface area contributed by atoms with Crippen molar-refractivity contribution in [3.05, 3.63) is 29.8 Å². The molecule has 0 spiro atoms. The van der Waals surface area contributed by atoms with Crippen LogP contribution in [0.15, 0.2) is 29.4 Å². The summed E-state index contributed by atoms with van der Waals surface area (Å²) in [4.78, 5) is 12.4. The predicted octanol–water partition coefficient (Wildman–Crippen LogP) is 3.10. The van der Waals surface area contributed by atoms with Gasteiger partial charge in [-0.2, -0.15) is 5.26 Å². The molecular formula is C20H21N5O2S. The highest BCUT2D eigenvalue weighted by Crippen LogP contribution is 2.39. The minimum absolute atomic E-state index is 0.171. The standard InChI is InChI=1S/C20H21N5O2S/c1-12-8-17-23-24-19(25(17)16-9-14(27-3)6-7-15(12)16)28-10-18(26)22-20(2,11-21)13-4-5-13/h6-9,13H,4-5,10H2,1-3H3,(H,22,26)/t20-/m0/s1. The number of hydrogen-bond acceptors (Lipinski definition) is 6. The van der Waals surface area contributed by atoms with E-state index in [2.05, 4.69) is 21.6 Å². The number of rotatable bonds is 6. The summed E-state index contributed by atoms with van der Waals surface area (Å²) in [6, 6.07) is 10.1. The predicted molar refractivity (Wildman–Crippen MR) is 107 cm³/mol. The summed E-state index contributed by atoms with van der Waals surface area (Å²) in [6.45, 7) is 3.83. The highest BCUT2D eigenvalue weighted by molar-refractivity contribution is 7.99. The van der Waals surface area contributed by atoms with Crippen molar-refractivity contribution in [1.29, 1.82) is 5.26 Å². The maximum atomic E-state index is 12.4. The number of nitrogens with one attached hydrogen (secondary N) is 1. The first-order chi connectivity index (χ1) is 13.4. The van der Waals surface area contributed by atoms with Crippen LogP contribution in [0, 0.1) is 24.2 Å². The number of thioether (sulfide) groups is 1. The topological polar surface area (TPSA) is 92.3 Å². The van der Waals surface area contributed by atoms with Crippen molar-refractivity contribution >= 4 is 34.2 Å². The molecule has 0 aliphatic heterocycles. The molecule has 1 aromatic carbocycles. The van der Waals surface area contributed by atoms with Gasteiger partial charge in [0.15, 0.2) is 10.8 Å². The van der Waals surface area contributed by atoms with Gasteiger partial charge in [-0.05, 0) is 56.4 Å². The van der Waals surface area contributed by atoms with Crippen molar-refractivity contribution in [1.82, 2.24) is 19.9 Å². The van der Waals surface area contributed by atoms with Gasteiger partial charge >= 0.3 is 0 Å². The zero-order valence-corrected chi connectivity index (χ0v) is 16.8. The molecule has 1 aliphatic rings. The lowest BCUT2D eigenvalue weighted by molar-refractivity contribution is -0.119. The molecule has 1 atom stereocenters. The number of nitriles is 1. The second-order valence-corrected chi connectivity index (χ2v) is 8.25. The van der Waals surface area contributed by atoms with Crippen molar-refractivity contribution in [3.63, 3.8) is 0 Å². The van der Waals surface area contributed by atoms with Crippen LogP contribution in [0.5, 0.6) is 5.75 Å². The number of carbonyl (C=O) groups is 1. The zero-order chi connectivity index (χ0) is 19.9. The first-order valence-electron chi connectivity index (χ1n) is 9.13. The Kier molecular flexibility index (Phi) is 4.63. The molecule has 0 radical (unpaired) electrons. The average Bonchev–Trinajstić information content (AvgIpc) is 3.48. The molecule has 2 aromatic heterocycles. The Labute approximate surface area is 167 Å². The molecule has 3 aromatic rings. The lowest BCUT2D eigenvalue weighted by atomic mass is 9.98. The molecule has 144 valence electrons. The fourth-order valence-corrected chi connectivity index (χ4v) is 4.21. The van der Waals surface area contributed by atoms with Gasteiger partial charge in [-0.25, -0.2) is 0 Å². The fourth-order valence-electron chi connectivity index (χ4n) is 3.46. The number of pyridine rings is 1. The van der Waals surface area contributed by atoms with Gasteiger partial charge in [-0.3, -0.25) is 9.20 Å². The van der Waals surface area contributed by atoms with E-state index < -0.39 is 5.54 Å². The Hall–Kier alpha value is -2.79. The Balaban J connectivity index is 1.61. The normalized spacial score (nSPS) is 15.9. The quantitative estimate of drug-likeness (QED) is 0.645. The number of carbonyl (C=O) groups excluding carboxylic acids is 1. The Bertz CT molecular complexity index is 1120. The van der Waals surface area contributed by atoms with Crippen LogP contribution in [0.3, 0.4) is 0 Å². The van der Waals surface area contributed by atoms with Gasteiger partial charge in [0.2, 0.25) is 5.91 Å². The van der Waals surface area contributed by atoms with Crippen LogP contribution in [0.2, 0.25) is 0 Å². The highest BCUT2D eigenvalue weighted by atomic mass is 32.2. The van der Waals surface area contributed by atoms with E-state index in [-0.39, 0.29) is 17.6 Å². The average molecular weight is 395 g/mol. The SMILES string of the molecule is COc1ccc2c(C)cc3nnc(SCC(=O)N[C@@](C)(C#N)C4CC4)n3c2c1. The van der Waals surface area contributed by atoms with Crippen molar-refractivity contribution in [3.8, 4) is 11.8 Å². The Morgan fingerprint density at radius 2 is 2.21 bits per heavy atom. The molecular weight excluding hydrogens is 374 g/mol. The van der Waals surface area contributed by atoms with Crippen LogP contribution in [-0.4, -0.2) is 38.9 Å². The third-order valence-corrected chi connectivity index (χ3v) is 6.16. The molecule has 0 bridgehead atoms. The maximum absolute atomic E-state index is 12.4. The molecule has 1 saturated carbocycles. The van der Waals surface area contributed by atoms with Crippen LogP contribution in [0.25, 0.3) is 16.6 Å². The number of hydrogen-bond donors (Lipinski definition) is 1. The number of aromatic nitrogens is 3. The zero-order valence-electron chi connectivity index (χ0n) is 16.0. The van der Waals surface area contributed by atoms with E-state index in [1.54, 1.807) is 14.0 Å². The second kappa shape index (κ2) is 6.99. The molecule has 1 amide bonds. The van der Waals surface area contributed by atoms with Gasteiger partial charge in [-0.15, -0.1) is 10.2 Å². The fraction of sp³-hybridized carbons (Fsp3) is 0.400. The van der Waals surface area contributed by atoms with E-state index >= 15 is 0 Å². The van der Waals surface area contributed by atoms with E-state index in [1.807, 2.05) is 35.6 Å². The van der Waals surface area contributed by atoms with Crippen LogP contribution in [0.4, 0.5) is 0 Å². The Morgan fingerprint density at radius 3 is 2.89 bits per heavy atom. The maximum Gasteiger partial charge on any atom is 0.231 e. The van der Waals surface area contributed by atoms with Gasteiger partial charge in [0, 0.05) is 11.5 Å². The third-order valence-electron chi connectivity index (χ3n) is 5.23. The highest BCUT2D eigenvalue weighted by Gasteiger charge is 2.42. The van der Waals surface area contributed by atoms with Gasteiger partial charge in [0.25, 0.3) is 0 Å². The van der Waals surface area contributed by atoms with Crippen molar-refractivity contribution in [2.45, 2.75) is 37.4 Å². The molecule has 8 heteroatoms. The molecule has 0 unspecified atom stereocenters. The van der Waals surface area contributed by atoms with E-state index in [0.29, 0.717) is 5.16 Å². The van der Waals surface area contributed by atoms with Crippen LogP contribution in [0.1, 0.15) is 25.3 Å². The minimum Gasteiger partial charge on any atom is -0.497 e. The largest absolute Gasteiger partial charge is 0.497 e. The number of fused-ring (bicyclic) bond motifs is 3. The first-order valence-corrected chi connectivity index (χ1v) is 10.1. The smallest absolute Gasteiger partial charge is 0.231 e. The molecule has 2 heterocycles. The van der Waals surface area contributed by atoms with Crippen molar-refractivity contribution in [2.75, 3.05) is 12.9 Å². The minimum atomic E-state index is -0.790. The summed E-state index contributed by atoms with van der Waals surface area (Å²) in [7, 11) is 1.63. The molecule has 1 aliphatic carbocycles. The van der Waals surface area contributed by atoms with Gasteiger partial charge in [0.1, 0.15) is 11.3 Å². The Morgan fingerprint density at radius 1 is 1.43 bits per heavy atom. The molecule has 0 saturated heterocycles. The summed E-state index contributed by atoms with van der Waals surface area (Å²) < 4.78 is 7.30. The van der Waals surface area contributed by atoms with Gasteiger partial charge in [0.05, 0.1) is 24.4 Å². The van der Waals surface area contributed by atoms with Crippen LogP contribution < -0.4 is 10.1 Å². The monoisotopic (exact) mass is 395 g/mol. The number of ether oxygens (including phenoxy) is 1. The summed E-state index contributed by atoms with van der Waals surface area (Å²) in [5.74, 6) is 0.992. The van der Waals surface area contributed by atoms with Gasteiger partial charge < -0.3 is 10.1 Å². The number of nitrogens with zero attached hydrogens (tertiary/aromatic N) is 4. The molecule has 4 rings (SSSR count). The number of benzene rings is 1. The summed E-state index contributed by atoms with van der Waals surface area (Å²) in [5, 5.41) is 22.5.